The number of fused-ring (bicyclic) bond motifs is 1. The summed E-state index contributed by atoms with van der Waals surface area (Å²) in [5, 5.41) is 0.482. The summed E-state index contributed by atoms with van der Waals surface area (Å²) in [4.78, 5) is 38.4. The fraction of sp³-hybridized carbons (Fsp3) is 0.360. The Morgan fingerprint density at radius 2 is 1.91 bits per heavy atom. The minimum Gasteiger partial charge on any atom is -0.435 e. The largest absolute Gasteiger partial charge is 0.435 e. The molecule has 8 heteroatoms. The number of thiazole rings is 1. The molecule has 1 aliphatic rings. The predicted molar refractivity (Wildman–Crippen MR) is 129 cm³/mol. The van der Waals surface area contributed by atoms with Crippen molar-refractivity contribution in [3.63, 3.8) is 0 Å². The molecule has 33 heavy (non-hydrogen) atoms. The van der Waals surface area contributed by atoms with E-state index in [-0.39, 0.29) is 12.6 Å². The van der Waals surface area contributed by atoms with Gasteiger partial charge in [0.2, 0.25) is 6.23 Å². The van der Waals surface area contributed by atoms with E-state index in [1.165, 1.54) is 28.6 Å². The molecule has 0 aliphatic carbocycles. The monoisotopic (exact) mass is 462 g/mol. The molecule has 4 rings (SSSR count). The number of amides is 2. The van der Waals surface area contributed by atoms with E-state index >= 15 is 0 Å². The van der Waals surface area contributed by atoms with Gasteiger partial charge >= 0.3 is 12.0 Å². The first-order valence-electron chi connectivity index (χ1n) is 11.1. The molecule has 0 N–H and O–H groups in total. The Kier molecular flexibility index (Phi) is 6.61. The van der Waals surface area contributed by atoms with Gasteiger partial charge in [0.15, 0.2) is 5.13 Å². The van der Waals surface area contributed by atoms with Crippen molar-refractivity contribution in [3.8, 4) is 12.3 Å². The van der Waals surface area contributed by atoms with Crippen LogP contribution in [0.3, 0.4) is 0 Å². The van der Waals surface area contributed by atoms with Crippen LogP contribution in [0.5, 0.6) is 0 Å². The zero-order valence-corrected chi connectivity index (χ0v) is 19.5. The van der Waals surface area contributed by atoms with Crippen LogP contribution in [0.1, 0.15) is 49.9 Å². The molecule has 0 bridgehead atoms. The number of urea groups is 1. The highest BCUT2D eigenvalue weighted by Gasteiger charge is 2.50. The number of terminal acetylenes is 1. The standard InChI is InChI=1S/C25H26N4O3S/c1-4-13-25(6-3,14-5-2)28-17-21(32-22(30)18-11-15-26-16-12-18)29(24(28)31)23-27-19-9-7-8-10-20(19)33-23/h3,7-12,15-16,21H,4-5,13-14,17H2,1-2H3. The number of ether oxygens (including phenoxy) is 1. The Labute approximate surface area is 197 Å². The summed E-state index contributed by atoms with van der Waals surface area (Å²) in [6.07, 6.45) is 11.2. The van der Waals surface area contributed by atoms with E-state index in [2.05, 4.69) is 29.7 Å². The number of hydrogen-bond acceptors (Lipinski definition) is 6. The maximum absolute atomic E-state index is 13.8. The van der Waals surface area contributed by atoms with Crippen LogP contribution in [0.2, 0.25) is 0 Å². The summed E-state index contributed by atoms with van der Waals surface area (Å²) in [6.45, 7) is 4.28. The molecule has 1 unspecified atom stereocenters. The van der Waals surface area contributed by atoms with Gasteiger partial charge in [-0.15, -0.1) is 6.42 Å². The van der Waals surface area contributed by atoms with Gasteiger partial charge in [0, 0.05) is 12.4 Å². The highest BCUT2D eigenvalue weighted by atomic mass is 32.1. The van der Waals surface area contributed by atoms with Gasteiger partial charge in [-0.2, -0.15) is 0 Å². The zero-order chi connectivity index (χ0) is 23.4. The normalized spacial score (nSPS) is 16.3. The molecule has 7 nitrogen and oxygen atoms in total. The Morgan fingerprint density at radius 1 is 1.21 bits per heavy atom. The van der Waals surface area contributed by atoms with Crippen LogP contribution in [0.4, 0.5) is 9.93 Å². The number of pyridine rings is 1. The number of hydrogen-bond donors (Lipinski definition) is 0. The smallest absolute Gasteiger partial charge is 0.340 e. The molecular formula is C25H26N4O3S. The fourth-order valence-electron chi connectivity index (χ4n) is 4.31. The molecule has 0 radical (unpaired) electrons. The van der Waals surface area contributed by atoms with Crippen molar-refractivity contribution in [1.29, 1.82) is 0 Å². The number of carbonyl (C=O) groups excluding carboxylic acids is 2. The topological polar surface area (TPSA) is 75.6 Å². The maximum Gasteiger partial charge on any atom is 0.340 e. The Hall–Kier alpha value is -3.44. The van der Waals surface area contributed by atoms with Gasteiger partial charge in [0.1, 0.15) is 5.54 Å². The lowest BCUT2D eigenvalue weighted by molar-refractivity contribution is 0.0293. The molecule has 1 aromatic carbocycles. The lowest BCUT2D eigenvalue weighted by Crippen LogP contribution is -2.49. The molecule has 0 saturated carbocycles. The van der Waals surface area contributed by atoms with Crippen LogP contribution >= 0.6 is 11.3 Å². The molecule has 1 fully saturated rings. The van der Waals surface area contributed by atoms with Crippen LogP contribution in [0, 0.1) is 12.3 Å². The van der Waals surface area contributed by atoms with Crippen LogP contribution in [-0.4, -0.2) is 45.2 Å². The first-order chi connectivity index (χ1) is 16.0. The molecule has 3 aromatic rings. The Bertz CT molecular complexity index is 1150. The minimum atomic E-state index is -0.847. The SMILES string of the molecule is C#CC(CCC)(CCC)N1CC(OC(=O)c2ccncc2)N(c2nc3ccccc3s2)C1=O. The van der Waals surface area contributed by atoms with Crippen LogP contribution in [0.15, 0.2) is 48.8 Å². The zero-order valence-electron chi connectivity index (χ0n) is 18.7. The van der Waals surface area contributed by atoms with E-state index in [9.17, 15) is 9.59 Å². The summed E-state index contributed by atoms with van der Waals surface area (Å²) >= 11 is 1.39. The van der Waals surface area contributed by atoms with Gasteiger partial charge in [-0.3, -0.25) is 4.98 Å². The lowest BCUT2D eigenvalue weighted by Gasteiger charge is -2.37. The second-order valence-electron chi connectivity index (χ2n) is 8.00. The summed E-state index contributed by atoms with van der Waals surface area (Å²) in [5.74, 6) is 2.38. The molecule has 3 heterocycles. The second-order valence-corrected chi connectivity index (χ2v) is 9.01. The van der Waals surface area contributed by atoms with Crippen LogP contribution in [0.25, 0.3) is 10.2 Å². The van der Waals surface area contributed by atoms with E-state index in [1.807, 2.05) is 24.3 Å². The van der Waals surface area contributed by atoms with Crippen molar-refractivity contribution in [3.05, 3.63) is 54.4 Å². The van der Waals surface area contributed by atoms with E-state index in [1.54, 1.807) is 17.0 Å². The van der Waals surface area contributed by atoms with E-state index in [4.69, 9.17) is 11.2 Å². The number of rotatable bonds is 8. The Balaban J connectivity index is 1.73. The predicted octanol–water partition coefficient (Wildman–Crippen LogP) is 5.09. The summed E-state index contributed by atoms with van der Waals surface area (Å²) in [5.41, 5.74) is 0.409. The molecule has 2 amide bonds. The first kappa shape index (κ1) is 22.7. The van der Waals surface area contributed by atoms with E-state index in [0.29, 0.717) is 23.5 Å². The molecule has 1 saturated heterocycles. The number of carbonyl (C=O) groups is 2. The molecular weight excluding hydrogens is 436 g/mol. The van der Waals surface area contributed by atoms with Gasteiger partial charge in [-0.1, -0.05) is 56.1 Å². The number of para-hydroxylation sites is 1. The number of anilines is 1. The molecule has 1 aliphatic heterocycles. The van der Waals surface area contributed by atoms with E-state index in [0.717, 1.165) is 23.1 Å². The third-order valence-corrected chi connectivity index (χ3v) is 6.86. The highest BCUT2D eigenvalue weighted by Crippen LogP contribution is 2.38. The summed E-state index contributed by atoms with van der Waals surface area (Å²) < 4.78 is 6.80. The van der Waals surface area contributed by atoms with Gasteiger partial charge in [0.25, 0.3) is 0 Å². The molecule has 0 spiro atoms. The fourth-order valence-corrected chi connectivity index (χ4v) is 5.31. The van der Waals surface area contributed by atoms with Crippen LogP contribution in [-0.2, 0) is 4.74 Å². The molecule has 1 atom stereocenters. The third-order valence-electron chi connectivity index (χ3n) is 5.82. The van der Waals surface area contributed by atoms with Crippen molar-refractivity contribution in [2.24, 2.45) is 0 Å². The average molecular weight is 463 g/mol. The van der Waals surface area contributed by atoms with Crippen molar-refractivity contribution in [2.75, 3.05) is 11.4 Å². The Morgan fingerprint density at radius 3 is 2.55 bits per heavy atom. The lowest BCUT2D eigenvalue weighted by atomic mass is 9.88. The van der Waals surface area contributed by atoms with Gasteiger partial charge in [0.05, 0.1) is 22.3 Å². The average Bonchev–Trinajstić information content (AvgIpc) is 3.40. The first-order valence-corrected chi connectivity index (χ1v) is 11.9. The van der Waals surface area contributed by atoms with Crippen LogP contribution < -0.4 is 4.90 Å². The number of benzene rings is 1. The minimum absolute atomic E-state index is 0.176. The maximum atomic E-state index is 13.8. The van der Waals surface area contributed by atoms with Crippen molar-refractivity contribution in [1.82, 2.24) is 14.9 Å². The second kappa shape index (κ2) is 9.59. The number of esters is 1. The van der Waals surface area contributed by atoms with Gasteiger partial charge in [-0.05, 0) is 37.1 Å². The highest BCUT2D eigenvalue weighted by molar-refractivity contribution is 7.22. The van der Waals surface area contributed by atoms with Crippen molar-refractivity contribution >= 4 is 38.7 Å². The van der Waals surface area contributed by atoms with Gasteiger partial charge < -0.3 is 9.64 Å². The van der Waals surface area contributed by atoms with Crippen molar-refractivity contribution < 1.29 is 14.3 Å². The van der Waals surface area contributed by atoms with Gasteiger partial charge in [-0.25, -0.2) is 19.5 Å². The summed E-state index contributed by atoms with van der Waals surface area (Å²) in [6, 6.07) is 10.5. The van der Waals surface area contributed by atoms with Crippen molar-refractivity contribution in [2.45, 2.75) is 51.3 Å². The third kappa shape index (κ3) is 4.29. The number of aromatic nitrogens is 2. The van der Waals surface area contributed by atoms with E-state index < -0.39 is 17.7 Å². The number of nitrogens with zero attached hydrogens (tertiary/aromatic N) is 4. The molecule has 2 aromatic heterocycles. The molecule has 170 valence electrons. The quantitative estimate of drug-likeness (QED) is 0.344. The summed E-state index contributed by atoms with van der Waals surface area (Å²) in [7, 11) is 0.